The molecule has 2 saturated carbocycles. The fraction of sp³-hybridized carbons (Fsp3) is 0.297. The van der Waals surface area contributed by atoms with E-state index in [2.05, 4.69) is 37.2 Å². The molecular formula is C37H34Br2Cl4F4N2O7. The molecule has 2 aliphatic carbocycles. The molecule has 6 rings (SSSR count). The summed E-state index contributed by atoms with van der Waals surface area (Å²) < 4.78 is 72.2. The molecule has 0 saturated heterocycles. The molecule has 1 amide bonds. The number of rotatable bonds is 9. The lowest BCUT2D eigenvalue weighted by Crippen LogP contribution is -2.50. The number of methoxy groups -OCH3 is 2. The van der Waals surface area contributed by atoms with E-state index in [1.54, 1.807) is 42.5 Å². The van der Waals surface area contributed by atoms with Crippen molar-refractivity contribution in [3.8, 4) is 34.5 Å². The van der Waals surface area contributed by atoms with E-state index in [4.69, 9.17) is 76.2 Å². The van der Waals surface area contributed by atoms with Crippen LogP contribution in [-0.4, -0.2) is 55.1 Å². The molecule has 0 aliphatic heterocycles. The van der Waals surface area contributed by atoms with Crippen LogP contribution in [0.4, 0.5) is 17.6 Å². The average Bonchev–Trinajstić information content (AvgIpc) is 3.06. The number of hydrogen-bond donors (Lipinski definition) is 3. The largest absolute Gasteiger partial charge is 0.496 e. The maximum absolute atomic E-state index is 13.0. The van der Waals surface area contributed by atoms with Crippen LogP contribution in [0.15, 0.2) is 69.6 Å². The summed E-state index contributed by atoms with van der Waals surface area (Å²) in [7, 11) is 2.80. The molecule has 0 spiro atoms. The fourth-order valence-corrected chi connectivity index (χ4v) is 7.64. The summed E-state index contributed by atoms with van der Waals surface area (Å²) in [5.41, 5.74) is 5.22. The second-order valence-electron chi connectivity index (χ2n) is 12.1. The number of halogens is 10. The summed E-state index contributed by atoms with van der Waals surface area (Å²) in [5.74, 6) is -5.19. The second kappa shape index (κ2) is 20.0. The van der Waals surface area contributed by atoms with Gasteiger partial charge in [-0.05, 0) is 60.7 Å². The molecule has 4 aromatic carbocycles. The molecule has 9 nitrogen and oxygen atoms in total. The monoisotopic (exact) mass is 992 g/mol. The predicted molar refractivity (Wildman–Crippen MR) is 216 cm³/mol. The van der Waals surface area contributed by atoms with E-state index < -0.39 is 29.8 Å². The molecule has 0 aromatic heterocycles. The SMILES string of the molecule is C.COc1ccc(Oc2c(Cl)cc(Br)cc2Cl)cc1C(=O)NC1CC(F)(F)C1.COc1ccc(Oc2c(Cl)cc(Br)cc2Cl)cc1C(=O)O.NC1CC(F)(F)C1. The molecule has 304 valence electrons. The lowest BCUT2D eigenvalue weighted by atomic mass is 9.88. The number of nitrogens with one attached hydrogen (secondary N) is 1. The molecule has 4 aromatic rings. The van der Waals surface area contributed by atoms with E-state index in [9.17, 15) is 27.2 Å². The summed E-state index contributed by atoms with van der Waals surface area (Å²) in [6.07, 6.45) is -0.983. The quantitative estimate of drug-likeness (QED) is 0.141. The minimum absolute atomic E-state index is 0. The highest BCUT2D eigenvalue weighted by molar-refractivity contribution is 9.10. The topological polar surface area (TPSA) is 129 Å². The minimum atomic E-state index is -2.72. The highest BCUT2D eigenvalue weighted by atomic mass is 79.9. The predicted octanol–water partition coefficient (Wildman–Crippen LogP) is 12.7. The third kappa shape index (κ3) is 12.9. The zero-order valence-electron chi connectivity index (χ0n) is 28.5. The van der Waals surface area contributed by atoms with Gasteiger partial charge in [0.05, 0.1) is 39.9 Å². The lowest BCUT2D eigenvalue weighted by Gasteiger charge is -2.35. The molecule has 0 bridgehead atoms. The van der Waals surface area contributed by atoms with E-state index in [1.807, 2.05) is 0 Å². The van der Waals surface area contributed by atoms with Crippen LogP contribution in [0.3, 0.4) is 0 Å². The Labute approximate surface area is 356 Å². The highest BCUT2D eigenvalue weighted by Crippen LogP contribution is 2.42. The Morgan fingerprint density at radius 1 is 0.714 bits per heavy atom. The summed E-state index contributed by atoms with van der Waals surface area (Å²) >= 11 is 31.0. The van der Waals surface area contributed by atoms with Crippen molar-refractivity contribution in [1.29, 1.82) is 0 Å². The minimum Gasteiger partial charge on any atom is -0.496 e. The number of ether oxygens (including phenoxy) is 4. The lowest BCUT2D eigenvalue weighted by molar-refractivity contribution is -0.0902. The molecule has 56 heavy (non-hydrogen) atoms. The molecule has 0 atom stereocenters. The van der Waals surface area contributed by atoms with Crippen LogP contribution in [0, 0.1) is 0 Å². The van der Waals surface area contributed by atoms with E-state index in [1.165, 1.54) is 32.4 Å². The Kier molecular flexibility index (Phi) is 16.8. The van der Waals surface area contributed by atoms with Crippen molar-refractivity contribution in [1.82, 2.24) is 5.32 Å². The summed E-state index contributed by atoms with van der Waals surface area (Å²) in [5, 5.41) is 12.9. The number of amides is 1. The van der Waals surface area contributed by atoms with Gasteiger partial charge in [0.15, 0.2) is 11.5 Å². The third-order valence-electron chi connectivity index (χ3n) is 7.73. The second-order valence-corrected chi connectivity index (χ2v) is 15.5. The number of hydrogen-bond acceptors (Lipinski definition) is 7. The maximum atomic E-state index is 13.0. The van der Waals surface area contributed by atoms with Crippen LogP contribution in [0.5, 0.6) is 34.5 Å². The first-order chi connectivity index (χ1) is 25.7. The first kappa shape index (κ1) is 47.2. The number of aromatic carboxylic acids is 1. The average molecular weight is 996 g/mol. The van der Waals surface area contributed by atoms with Crippen LogP contribution in [0.25, 0.3) is 0 Å². The molecule has 0 unspecified atom stereocenters. The molecule has 19 heteroatoms. The standard InChI is InChI=1S/C18H14BrCl2F2NO3.C14H9BrCl2O4.C4H7F2N.CH4/c1-26-15-3-2-11(27-16-13(20)4-9(19)5-14(16)21)6-12(15)17(25)24-10-7-18(22,23)8-10;1-20-12-3-2-8(6-9(12)14(18)19)21-13-10(16)4-7(15)5-11(13)17;5-4(6)1-3(7)2-4;/h2-6,10H,7-8H2,1H3,(H,24,25);2-6H,1H3,(H,18,19);3H,1-2,7H2;1H4. The van der Waals surface area contributed by atoms with Crippen molar-refractivity contribution < 1.29 is 51.2 Å². The van der Waals surface area contributed by atoms with Gasteiger partial charge in [0, 0.05) is 46.7 Å². The van der Waals surface area contributed by atoms with Gasteiger partial charge in [0.25, 0.3) is 17.8 Å². The Bertz CT molecular complexity index is 2000. The number of carboxylic acids is 1. The fourth-order valence-electron chi connectivity index (χ4n) is 5.07. The van der Waals surface area contributed by atoms with Gasteiger partial charge in [-0.25, -0.2) is 22.4 Å². The van der Waals surface area contributed by atoms with E-state index in [0.717, 1.165) is 0 Å². The van der Waals surface area contributed by atoms with E-state index >= 15 is 0 Å². The highest BCUT2D eigenvalue weighted by Gasteiger charge is 2.46. The van der Waals surface area contributed by atoms with Crippen LogP contribution in [0.1, 0.15) is 53.8 Å². The number of nitrogens with two attached hydrogens (primary N) is 1. The summed E-state index contributed by atoms with van der Waals surface area (Å²) in [6, 6.07) is 14.7. The Hall–Kier alpha value is -3.18. The normalized spacial score (nSPS) is 15.2. The van der Waals surface area contributed by atoms with Crippen LogP contribution < -0.4 is 30.0 Å². The smallest absolute Gasteiger partial charge is 0.339 e. The van der Waals surface area contributed by atoms with Gasteiger partial charge in [-0.2, -0.15) is 0 Å². The number of benzene rings is 4. The first-order valence-corrected chi connectivity index (χ1v) is 18.9. The Morgan fingerprint density at radius 2 is 1.09 bits per heavy atom. The summed E-state index contributed by atoms with van der Waals surface area (Å²) in [6.45, 7) is 0. The number of carbonyl (C=O) groups excluding carboxylic acids is 1. The molecule has 2 aliphatic rings. The number of carboxylic acid groups (broad SMARTS) is 1. The van der Waals surface area contributed by atoms with Crippen LogP contribution in [0.2, 0.25) is 20.1 Å². The van der Waals surface area contributed by atoms with Crippen molar-refractivity contribution in [3.05, 3.63) is 101 Å². The van der Waals surface area contributed by atoms with Crippen molar-refractivity contribution >= 4 is 90.1 Å². The van der Waals surface area contributed by atoms with E-state index in [0.29, 0.717) is 36.2 Å². The van der Waals surface area contributed by atoms with E-state index in [-0.39, 0.29) is 77.6 Å². The van der Waals surface area contributed by atoms with Gasteiger partial charge in [-0.15, -0.1) is 0 Å². The number of carbonyl (C=O) groups is 2. The van der Waals surface area contributed by atoms with Gasteiger partial charge in [-0.1, -0.05) is 85.7 Å². The third-order valence-corrected chi connectivity index (χ3v) is 9.77. The van der Waals surface area contributed by atoms with Crippen molar-refractivity contribution in [3.63, 3.8) is 0 Å². The number of alkyl halides is 4. The maximum Gasteiger partial charge on any atom is 0.339 e. The molecule has 0 heterocycles. The van der Waals surface area contributed by atoms with Crippen molar-refractivity contribution in [2.75, 3.05) is 14.2 Å². The van der Waals surface area contributed by atoms with Crippen LogP contribution >= 0.6 is 78.3 Å². The van der Waals surface area contributed by atoms with Crippen LogP contribution in [-0.2, 0) is 0 Å². The molecule has 2 fully saturated rings. The van der Waals surface area contributed by atoms with Gasteiger partial charge in [-0.3, -0.25) is 4.79 Å². The molecule has 0 radical (unpaired) electrons. The van der Waals surface area contributed by atoms with Gasteiger partial charge in [0.2, 0.25) is 0 Å². The Balaban J connectivity index is 0.000000257. The zero-order valence-corrected chi connectivity index (χ0v) is 34.7. The zero-order chi connectivity index (χ0) is 40.8. The summed E-state index contributed by atoms with van der Waals surface area (Å²) in [4.78, 5) is 23.6. The van der Waals surface area contributed by atoms with Gasteiger partial charge >= 0.3 is 5.97 Å². The van der Waals surface area contributed by atoms with Gasteiger partial charge in [0.1, 0.15) is 28.6 Å². The van der Waals surface area contributed by atoms with Gasteiger partial charge < -0.3 is 35.1 Å². The molecule has 4 N–H and O–H groups in total. The Morgan fingerprint density at radius 3 is 1.41 bits per heavy atom. The first-order valence-electron chi connectivity index (χ1n) is 15.8. The van der Waals surface area contributed by atoms with Crippen molar-refractivity contribution in [2.24, 2.45) is 5.73 Å². The molecular weight excluding hydrogens is 962 g/mol. The van der Waals surface area contributed by atoms with Crippen molar-refractivity contribution in [2.45, 2.75) is 57.0 Å².